The Bertz CT molecular complexity index is 134. The van der Waals surface area contributed by atoms with Gasteiger partial charge in [0.2, 0.25) is 0 Å². The van der Waals surface area contributed by atoms with Crippen molar-refractivity contribution in [2.45, 2.75) is 14.8 Å². The Hall–Kier alpha value is 0.00870. The van der Waals surface area contributed by atoms with Crippen LogP contribution in [-0.4, -0.2) is 24.3 Å². The van der Waals surface area contributed by atoms with E-state index in [1.807, 2.05) is 4.09 Å². The molecule has 0 radical (unpaired) electrons. The maximum absolute atomic E-state index is 10.2. The molecule has 0 fully saturated rings. The van der Waals surface area contributed by atoms with Crippen molar-refractivity contribution in [1.82, 2.24) is 0 Å². The average Bonchev–Trinajstić information content (AvgIpc) is 1.59. The number of rotatable bonds is 2. The maximum atomic E-state index is 10.2. The van der Waals surface area contributed by atoms with Crippen molar-refractivity contribution in [2.24, 2.45) is 5.73 Å². The van der Waals surface area contributed by atoms with Gasteiger partial charge < -0.3 is 0 Å². The zero-order valence-electron chi connectivity index (χ0n) is 6.14. The quantitative estimate of drug-likeness (QED) is 0.559. The molecule has 0 rings (SSSR count). The molecule has 0 heterocycles. The van der Waals surface area contributed by atoms with Crippen LogP contribution in [0.2, 0.25) is 14.8 Å². The Morgan fingerprint density at radius 2 is 1.89 bits per heavy atom. The Balaban J connectivity index is 3.86. The summed E-state index contributed by atoms with van der Waals surface area (Å²) in [5, 5.41) is 0. The second kappa shape index (κ2) is 3.25. The van der Waals surface area contributed by atoms with E-state index in [-0.39, 0.29) is 5.91 Å². The normalized spacial score (nSPS) is 12.3. The summed E-state index contributed by atoms with van der Waals surface area (Å²) in [6.07, 6.45) is 1.48. The average molecular weight is 234 g/mol. The fourth-order valence-electron chi connectivity index (χ4n) is 0.332. The Kier molecular flexibility index (Phi) is 3.25. The molecule has 0 saturated carbocycles. The number of carbonyl (C=O) groups excluding carboxylic acids is 1. The van der Waals surface area contributed by atoms with Gasteiger partial charge in [0.15, 0.2) is 0 Å². The minimum atomic E-state index is -1.84. The molecule has 0 aliphatic rings. The molecule has 0 aliphatic carbocycles. The molecule has 52 valence electrons. The summed E-state index contributed by atoms with van der Waals surface area (Å²) in [7, 11) is 0. The van der Waals surface area contributed by atoms with Crippen LogP contribution in [-0.2, 0) is 4.79 Å². The first-order valence-electron chi connectivity index (χ1n) is 2.90. The van der Waals surface area contributed by atoms with Gasteiger partial charge in [0.05, 0.1) is 0 Å². The van der Waals surface area contributed by atoms with Crippen molar-refractivity contribution < 1.29 is 4.79 Å². The van der Waals surface area contributed by atoms with E-state index in [2.05, 4.69) is 14.8 Å². The molecule has 3 heteroatoms. The molecule has 0 saturated heterocycles. The Labute approximate surface area is 60.0 Å². The van der Waals surface area contributed by atoms with Gasteiger partial charge in [-0.2, -0.15) is 0 Å². The van der Waals surface area contributed by atoms with Crippen molar-refractivity contribution in [3.63, 3.8) is 0 Å². The van der Waals surface area contributed by atoms with Crippen LogP contribution in [0.3, 0.4) is 0 Å². The van der Waals surface area contributed by atoms with Crippen LogP contribution in [0.15, 0.2) is 10.2 Å². The van der Waals surface area contributed by atoms with Gasteiger partial charge in [-0.3, -0.25) is 0 Å². The molecule has 1 amide bonds. The van der Waals surface area contributed by atoms with E-state index >= 15 is 0 Å². The Morgan fingerprint density at radius 1 is 1.44 bits per heavy atom. The van der Waals surface area contributed by atoms with E-state index < -0.39 is 18.4 Å². The van der Waals surface area contributed by atoms with E-state index in [0.717, 1.165) is 0 Å². The fourth-order valence-corrected chi connectivity index (χ4v) is 2.23. The molecule has 0 bridgehead atoms. The van der Waals surface area contributed by atoms with Gasteiger partial charge in [-0.25, -0.2) is 0 Å². The zero-order valence-corrected chi connectivity index (χ0v) is 8.99. The summed E-state index contributed by atoms with van der Waals surface area (Å²) in [5.41, 5.74) is 4.91. The van der Waals surface area contributed by atoms with E-state index in [0.29, 0.717) is 0 Å². The predicted molar refractivity (Wildman–Crippen MR) is 41.7 cm³/mol. The molecule has 0 aromatic rings. The molecule has 2 nitrogen and oxygen atoms in total. The van der Waals surface area contributed by atoms with E-state index in [4.69, 9.17) is 5.73 Å². The number of nitrogens with two attached hydrogens (primary N) is 1. The van der Waals surface area contributed by atoms with Gasteiger partial charge in [-0.1, -0.05) is 0 Å². The van der Waals surface area contributed by atoms with Crippen LogP contribution in [0.25, 0.3) is 0 Å². The first-order chi connectivity index (χ1) is 3.92. The van der Waals surface area contributed by atoms with Crippen molar-refractivity contribution in [3.05, 3.63) is 10.2 Å². The Morgan fingerprint density at radius 3 is 2.00 bits per heavy atom. The third-order valence-corrected chi connectivity index (χ3v) is 4.08. The van der Waals surface area contributed by atoms with Gasteiger partial charge in [-0.15, -0.1) is 0 Å². The predicted octanol–water partition coefficient (Wildman–Crippen LogP) is 0.905. The van der Waals surface area contributed by atoms with Crippen LogP contribution in [0.4, 0.5) is 0 Å². The molecule has 2 N–H and O–H groups in total. The standard InChI is InChI=1S/C3H4NO.3CH3.Sn/c1-2-3(4)5;;;;/h1-2H,(H2,4,5);3*1H3;. The minimum absolute atomic E-state index is 0.332. The van der Waals surface area contributed by atoms with Gasteiger partial charge in [0.25, 0.3) is 0 Å². The second-order valence-electron chi connectivity index (χ2n) is 3.10. The SMILES string of the molecule is [CH3][Sn]([CH3])([CH3])/[CH]=C\C(N)=O. The van der Waals surface area contributed by atoms with Crippen molar-refractivity contribution in [1.29, 1.82) is 0 Å². The van der Waals surface area contributed by atoms with Crippen LogP contribution < -0.4 is 5.73 Å². The number of amides is 1. The first-order valence-corrected chi connectivity index (χ1v) is 13.1. The van der Waals surface area contributed by atoms with E-state index in [1.54, 1.807) is 0 Å². The summed E-state index contributed by atoms with van der Waals surface area (Å²) in [6, 6.07) is 0. The zero-order chi connectivity index (χ0) is 7.49. The summed E-state index contributed by atoms with van der Waals surface area (Å²) in [4.78, 5) is 16.9. The molecular weight excluding hydrogens is 221 g/mol. The third-order valence-electron chi connectivity index (χ3n) is 0.748. The fraction of sp³-hybridized carbons (Fsp3) is 0.500. The van der Waals surface area contributed by atoms with E-state index in [9.17, 15) is 4.79 Å². The first kappa shape index (κ1) is 9.01. The van der Waals surface area contributed by atoms with Crippen LogP contribution >= 0.6 is 0 Å². The number of primary amides is 1. The molecule has 0 unspecified atom stereocenters. The van der Waals surface area contributed by atoms with Crippen molar-refractivity contribution in [3.8, 4) is 0 Å². The topological polar surface area (TPSA) is 43.1 Å². The van der Waals surface area contributed by atoms with Gasteiger partial charge >= 0.3 is 59.8 Å². The molecule has 0 atom stereocenters. The summed E-state index contributed by atoms with van der Waals surface area (Å²) >= 11 is -1.84. The van der Waals surface area contributed by atoms with Crippen molar-refractivity contribution in [2.75, 3.05) is 0 Å². The summed E-state index contributed by atoms with van der Waals surface area (Å²) < 4.78 is 2.00. The van der Waals surface area contributed by atoms with E-state index in [1.165, 1.54) is 6.08 Å². The van der Waals surface area contributed by atoms with Gasteiger partial charge in [0, 0.05) is 0 Å². The van der Waals surface area contributed by atoms with Crippen LogP contribution in [0.1, 0.15) is 0 Å². The van der Waals surface area contributed by atoms with Crippen LogP contribution in [0, 0.1) is 0 Å². The molecular formula is C6H13NOSn. The second-order valence-corrected chi connectivity index (χ2v) is 17.6. The molecule has 0 aromatic carbocycles. The molecule has 0 aromatic heterocycles. The molecule has 0 aliphatic heterocycles. The van der Waals surface area contributed by atoms with Crippen molar-refractivity contribution >= 4 is 24.3 Å². The summed E-state index contributed by atoms with van der Waals surface area (Å²) in [5.74, 6) is -0.332. The monoisotopic (exact) mass is 235 g/mol. The molecule has 9 heavy (non-hydrogen) atoms. The van der Waals surface area contributed by atoms with Crippen LogP contribution in [0.5, 0.6) is 0 Å². The molecule has 0 spiro atoms. The third kappa shape index (κ3) is 8.01. The number of hydrogen-bond acceptors (Lipinski definition) is 1. The summed E-state index contributed by atoms with van der Waals surface area (Å²) in [6.45, 7) is 0. The van der Waals surface area contributed by atoms with Gasteiger partial charge in [-0.05, 0) is 0 Å². The van der Waals surface area contributed by atoms with Gasteiger partial charge in [0.1, 0.15) is 0 Å². The number of hydrogen-bond donors (Lipinski definition) is 1. The number of carbonyl (C=O) groups is 1.